The number of amides is 1. The van der Waals surface area contributed by atoms with Crippen molar-refractivity contribution in [1.29, 1.82) is 0 Å². The molecule has 8 nitrogen and oxygen atoms in total. The molecule has 12 heteroatoms. The van der Waals surface area contributed by atoms with Gasteiger partial charge in [-0.2, -0.15) is 13.2 Å². The van der Waals surface area contributed by atoms with Gasteiger partial charge in [-0.25, -0.2) is 9.18 Å². The van der Waals surface area contributed by atoms with Crippen LogP contribution in [0.3, 0.4) is 0 Å². The van der Waals surface area contributed by atoms with Crippen LogP contribution in [0.25, 0.3) is 0 Å². The number of ether oxygens (including phenoxy) is 3. The van der Waals surface area contributed by atoms with Crippen LogP contribution in [0.4, 0.5) is 17.6 Å². The van der Waals surface area contributed by atoms with Crippen molar-refractivity contribution in [3.05, 3.63) is 58.4 Å². The Balaban J connectivity index is 3.09. The molecule has 0 radical (unpaired) electrons. The van der Waals surface area contributed by atoms with E-state index in [-0.39, 0.29) is 17.1 Å². The summed E-state index contributed by atoms with van der Waals surface area (Å²) in [6.45, 7) is 9.95. The van der Waals surface area contributed by atoms with Crippen molar-refractivity contribution in [3.63, 3.8) is 0 Å². The summed E-state index contributed by atoms with van der Waals surface area (Å²) in [4.78, 5) is 40.3. The molecule has 0 saturated heterocycles. The highest BCUT2D eigenvalue weighted by Crippen LogP contribution is 2.37. The quantitative estimate of drug-likeness (QED) is 0.123. The lowest BCUT2D eigenvalue weighted by atomic mass is 9.91. The fraction of sp³-hybridized carbons (Fsp3) is 0.417. The van der Waals surface area contributed by atoms with Gasteiger partial charge in [-0.05, 0) is 51.3 Å². The van der Waals surface area contributed by atoms with Crippen LogP contribution in [0, 0.1) is 5.82 Å². The third kappa shape index (κ3) is 7.92. The molecule has 1 aromatic rings. The van der Waals surface area contributed by atoms with Gasteiger partial charge in [-0.3, -0.25) is 14.6 Å². The predicted octanol–water partition coefficient (Wildman–Crippen LogP) is 4.41. The van der Waals surface area contributed by atoms with Crippen LogP contribution in [0.1, 0.15) is 51.7 Å². The number of nitrogens with one attached hydrogen (secondary N) is 1. The first-order chi connectivity index (χ1) is 16.7. The van der Waals surface area contributed by atoms with E-state index in [4.69, 9.17) is 14.2 Å². The Labute approximate surface area is 206 Å². The van der Waals surface area contributed by atoms with Crippen LogP contribution in [-0.2, 0) is 34.8 Å². The number of allylic oxidation sites excluding steroid dienone is 1. The van der Waals surface area contributed by atoms with Crippen molar-refractivity contribution in [3.8, 4) is 0 Å². The number of rotatable bonds is 10. The van der Waals surface area contributed by atoms with Crippen LogP contribution in [-0.4, -0.2) is 43.8 Å². The summed E-state index contributed by atoms with van der Waals surface area (Å²) < 4.78 is 68.9. The molecule has 0 aliphatic rings. The smallest absolute Gasteiger partial charge is 0.416 e. The zero-order valence-corrected chi connectivity index (χ0v) is 20.7. The largest absolute Gasteiger partial charge is 0.493 e. The second-order valence-corrected chi connectivity index (χ2v) is 7.64. The average molecular weight is 516 g/mol. The highest BCUT2D eigenvalue weighted by Gasteiger charge is 2.36. The molecular weight excluding hydrogens is 488 g/mol. The molecule has 3 atom stereocenters. The normalized spacial score (nSPS) is 15.1. The van der Waals surface area contributed by atoms with Crippen molar-refractivity contribution in [2.24, 2.45) is 4.99 Å². The van der Waals surface area contributed by atoms with Crippen LogP contribution in [0.2, 0.25) is 0 Å². The van der Waals surface area contributed by atoms with Gasteiger partial charge < -0.3 is 19.5 Å². The molecule has 0 aliphatic carbocycles. The van der Waals surface area contributed by atoms with Gasteiger partial charge in [0.2, 0.25) is 5.76 Å². The van der Waals surface area contributed by atoms with Crippen molar-refractivity contribution in [1.82, 2.24) is 5.32 Å². The van der Waals surface area contributed by atoms with E-state index in [2.05, 4.69) is 17.0 Å². The van der Waals surface area contributed by atoms with Gasteiger partial charge in [0.25, 0.3) is 5.91 Å². The van der Waals surface area contributed by atoms with E-state index >= 15 is 0 Å². The van der Waals surface area contributed by atoms with E-state index in [9.17, 15) is 31.9 Å². The van der Waals surface area contributed by atoms with Crippen molar-refractivity contribution >= 4 is 24.6 Å². The summed E-state index contributed by atoms with van der Waals surface area (Å²) in [5.41, 5.74) is -1.89. The first kappa shape index (κ1) is 30.3. The minimum absolute atomic E-state index is 0.000179. The first-order valence-corrected chi connectivity index (χ1v) is 10.7. The van der Waals surface area contributed by atoms with E-state index in [0.29, 0.717) is 6.07 Å². The number of benzene rings is 1. The van der Waals surface area contributed by atoms with Crippen molar-refractivity contribution in [2.75, 3.05) is 7.11 Å². The fourth-order valence-corrected chi connectivity index (χ4v) is 3.08. The van der Waals surface area contributed by atoms with Gasteiger partial charge in [0, 0.05) is 12.8 Å². The summed E-state index contributed by atoms with van der Waals surface area (Å²) in [6.07, 6.45) is -4.48. The Kier molecular flexibility index (Phi) is 10.8. The fourth-order valence-electron chi connectivity index (χ4n) is 3.08. The van der Waals surface area contributed by atoms with Gasteiger partial charge in [0.05, 0.1) is 12.7 Å². The number of aliphatic imine (C=N–C) groups is 1. The topological polar surface area (TPSA) is 103 Å². The zero-order valence-electron chi connectivity index (χ0n) is 20.7. The molecule has 1 rings (SSSR count). The SMILES string of the molecule is C=N/C(C(=O)N[C@@H](C)C(=O)O[C@@H](C)[C@@H](C)c1ccc(F)cc1C(F)(F)F)=C(OC(C)=O)\C(=C/C)OC. The summed E-state index contributed by atoms with van der Waals surface area (Å²) in [6, 6.07) is 0.957. The van der Waals surface area contributed by atoms with Gasteiger partial charge in [0.1, 0.15) is 18.0 Å². The maximum Gasteiger partial charge on any atom is 0.416 e. The van der Waals surface area contributed by atoms with Gasteiger partial charge >= 0.3 is 18.1 Å². The zero-order chi connectivity index (χ0) is 27.8. The molecule has 0 bridgehead atoms. The van der Waals surface area contributed by atoms with E-state index in [1.807, 2.05) is 0 Å². The number of esters is 2. The number of halogens is 4. The monoisotopic (exact) mass is 516 g/mol. The third-order valence-corrected chi connectivity index (χ3v) is 5.06. The van der Waals surface area contributed by atoms with Crippen molar-refractivity contribution < 1.29 is 46.2 Å². The van der Waals surface area contributed by atoms with Crippen LogP contribution < -0.4 is 5.32 Å². The van der Waals surface area contributed by atoms with E-state index in [1.165, 1.54) is 34.0 Å². The lowest BCUT2D eigenvalue weighted by molar-refractivity contribution is -0.152. The Morgan fingerprint density at radius 3 is 2.25 bits per heavy atom. The molecule has 198 valence electrons. The second-order valence-electron chi connectivity index (χ2n) is 7.64. The van der Waals surface area contributed by atoms with Crippen LogP contribution >= 0.6 is 0 Å². The number of alkyl halides is 3. The van der Waals surface area contributed by atoms with E-state index in [1.54, 1.807) is 6.92 Å². The maximum absolute atomic E-state index is 13.4. The molecular formula is C24H28F4N2O6. The van der Waals surface area contributed by atoms with Gasteiger partial charge in [-0.1, -0.05) is 13.0 Å². The van der Waals surface area contributed by atoms with Crippen molar-refractivity contribution in [2.45, 2.75) is 58.9 Å². The molecule has 1 N–H and O–H groups in total. The molecule has 0 unspecified atom stereocenters. The lowest BCUT2D eigenvalue weighted by Gasteiger charge is -2.25. The Morgan fingerprint density at radius 2 is 1.78 bits per heavy atom. The molecule has 0 aromatic heterocycles. The van der Waals surface area contributed by atoms with Gasteiger partial charge in [-0.15, -0.1) is 0 Å². The number of hydrogen-bond donors (Lipinski definition) is 1. The number of hydrogen-bond acceptors (Lipinski definition) is 7. The first-order valence-electron chi connectivity index (χ1n) is 10.7. The predicted molar refractivity (Wildman–Crippen MR) is 122 cm³/mol. The highest BCUT2D eigenvalue weighted by molar-refractivity contribution is 5.97. The summed E-state index contributed by atoms with van der Waals surface area (Å²) in [7, 11) is 1.27. The Bertz CT molecular complexity index is 1070. The summed E-state index contributed by atoms with van der Waals surface area (Å²) in [5.74, 6) is -5.05. The van der Waals surface area contributed by atoms with E-state index in [0.717, 1.165) is 19.1 Å². The molecule has 36 heavy (non-hydrogen) atoms. The Hall–Kier alpha value is -3.70. The second kappa shape index (κ2) is 12.8. The molecule has 0 saturated carbocycles. The Morgan fingerprint density at radius 1 is 1.17 bits per heavy atom. The number of carbonyl (C=O) groups excluding carboxylic acids is 3. The molecule has 1 aromatic carbocycles. The third-order valence-electron chi connectivity index (χ3n) is 5.06. The molecule has 0 fully saturated rings. The minimum atomic E-state index is -4.81. The van der Waals surface area contributed by atoms with Crippen LogP contribution in [0.5, 0.6) is 0 Å². The maximum atomic E-state index is 13.4. The van der Waals surface area contributed by atoms with E-state index < -0.39 is 59.2 Å². The van der Waals surface area contributed by atoms with Crippen LogP contribution in [0.15, 0.2) is 46.5 Å². The highest BCUT2D eigenvalue weighted by atomic mass is 19.4. The molecule has 0 heterocycles. The number of carbonyl (C=O) groups is 3. The summed E-state index contributed by atoms with van der Waals surface area (Å²) in [5, 5.41) is 2.31. The number of nitrogens with zero attached hydrogens (tertiary/aromatic N) is 1. The molecule has 1 amide bonds. The average Bonchev–Trinajstić information content (AvgIpc) is 2.78. The lowest BCUT2D eigenvalue weighted by Crippen LogP contribution is -2.42. The minimum Gasteiger partial charge on any atom is -0.493 e. The number of methoxy groups -OCH3 is 1. The standard InChI is InChI=1S/C24H28F4N2O6/c1-8-19(34-7)21(36-15(5)31)20(29-6)22(32)30-13(3)23(33)35-14(4)12(2)17-10-9-16(25)11-18(17)24(26,27)28/h8-14H,6H2,1-5,7H3,(H,30,32)/b19-8+,21-20+/t12-,13+,14+/m1/s1. The van der Waals surface area contributed by atoms with Gasteiger partial charge in [0.15, 0.2) is 11.5 Å². The summed E-state index contributed by atoms with van der Waals surface area (Å²) >= 11 is 0. The molecule has 0 aliphatic heterocycles. The molecule has 0 spiro atoms.